The van der Waals surface area contributed by atoms with Gasteiger partial charge in [0, 0.05) is 0 Å². The number of hydrogen-bond acceptors (Lipinski definition) is 3. The summed E-state index contributed by atoms with van der Waals surface area (Å²) in [5.41, 5.74) is -0.608. The van der Waals surface area contributed by atoms with Gasteiger partial charge >= 0.3 is 5.97 Å². The van der Waals surface area contributed by atoms with Gasteiger partial charge in [-0.25, -0.2) is 0 Å². The van der Waals surface area contributed by atoms with Gasteiger partial charge in [0.1, 0.15) is 5.76 Å². The van der Waals surface area contributed by atoms with E-state index in [-0.39, 0.29) is 18.1 Å². The van der Waals surface area contributed by atoms with E-state index in [1.807, 2.05) is 0 Å². The van der Waals surface area contributed by atoms with Crippen molar-refractivity contribution in [2.45, 2.75) is 44.6 Å². The van der Waals surface area contributed by atoms with E-state index in [4.69, 9.17) is 9.52 Å². The maximum Gasteiger partial charge on any atom is 0.305 e. The SMILES string of the molecule is Cc1ccc(C(=O)NC2(CC(=O)O)CCCC2)o1. The lowest BCUT2D eigenvalue weighted by molar-refractivity contribution is -0.138. The van der Waals surface area contributed by atoms with Gasteiger partial charge in [-0.05, 0) is 31.9 Å². The van der Waals surface area contributed by atoms with Crippen molar-refractivity contribution in [3.05, 3.63) is 23.7 Å². The molecule has 2 N–H and O–H groups in total. The lowest BCUT2D eigenvalue weighted by Gasteiger charge is -2.28. The zero-order valence-electron chi connectivity index (χ0n) is 10.4. The maximum absolute atomic E-state index is 12.0. The Labute approximate surface area is 105 Å². The average Bonchev–Trinajstić information content (AvgIpc) is 2.87. The summed E-state index contributed by atoms with van der Waals surface area (Å²) < 4.78 is 5.25. The Bertz CT molecular complexity index is 457. The Hall–Kier alpha value is -1.78. The number of carboxylic acid groups (broad SMARTS) is 1. The van der Waals surface area contributed by atoms with Crippen LogP contribution in [0.2, 0.25) is 0 Å². The Morgan fingerprint density at radius 2 is 2.06 bits per heavy atom. The average molecular weight is 251 g/mol. The third-order valence-electron chi connectivity index (χ3n) is 3.39. The number of carboxylic acids is 1. The fourth-order valence-corrected chi connectivity index (χ4v) is 2.55. The van der Waals surface area contributed by atoms with Gasteiger partial charge in [-0.15, -0.1) is 0 Å². The third kappa shape index (κ3) is 2.72. The molecule has 1 amide bonds. The second-order valence-corrected chi connectivity index (χ2v) is 4.92. The molecule has 2 rings (SSSR count). The Morgan fingerprint density at radius 3 is 2.56 bits per heavy atom. The number of carbonyl (C=O) groups excluding carboxylic acids is 1. The summed E-state index contributed by atoms with van der Waals surface area (Å²) in [6.45, 7) is 1.76. The van der Waals surface area contributed by atoms with Crippen LogP contribution in [0.1, 0.15) is 48.4 Å². The molecule has 0 radical (unpaired) electrons. The monoisotopic (exact) mass is 251 g/mol. The van der Waals surface area contributed by atoms with E-state index in [1.165, 1.54) is 0 Å². The fourth-order valence-electron chi connectivity index (χ4n) is 2.55. The molecule has 1 aromatic heterocycles. The minimum Gasteiger partial charge on any atom is -0.481 e. The molecule has 1 aliphatic rings. The quantitative estimate of drug-likeness (QED) is 0.858. The maximum atomic E-state index is 12.0. The molecule has 5 nitrogen and oxygen atoms in total. The van der Waals surface area contributed by atoms with Crippen LogP contribution in [0, 0.1) is 6.92 Å². The number of carbonyl (C=O) groups is 2. The Kier molecular flexibility index (Phi) is 3.41. The minimum atomic E-state index is -0.882. The van der Waals surface area contributed by atoms with E-state index < -0.39 is 11.5 Å². The van der Waals surface area contributed by atoms with E-state index in [1.54, 1.807) is 19.1 Å². The topological polar surface area (TPSA) is 79.5 Å². The molecular formula is C13H17NO4. The largest absolute Gasteiger partial charge is 0.481 e. The zero-order valence-corrected chi connectivity index (χ0v) is 10.4. The highest BCUT2D eigenvalue weighted by Gasteiger charge is 2.38. The number of furan rings is 1. The van der Waals surface area contributed by atoms with Crippen LogP contribution in [-0.2, 0) is 4.79 Å². The van der Waals surface area contributed by atoms with Gasteiger partial charge in [0.2, 0.25) is 0 Å². The first-order chi connectivity index (χ1) is 8.51. The van der Waals surface area contributed by atoms with Crippen molar-refractivity contribution in [2.24, 2.45) is 0 Å². The summed E-state index contributed by atoms with van der Waals surface area (Å²) >= 11 is 0. The summed E-state index contributed by atoms with van der Waals surface area (Å²) in [6.07, 6.45) is 3.30. The molecule has 5 heteroatoms. The lowest BCUT2D eigenvalue weighted by atomic mass is 9.93. The summed E-state index contributed by atoms with van der Waals surface area (Å²) in [4.78, 5) is 22.9. The van der Waals surface area contributed by atoms with Crippen LogP contribution < -0.4 is 5.32 Å². The second kappa shape index (κ2) is 4.84. The van der Waals surface area contributed by atoms with Gasteiger partial charge in [0.15, 0.2) is 5.76 Å². The molecule has 0 aliphatic heterocycles. The molecule has 1 fully saturated rings. The van der Waals surface area contributed by atoms with Gasteiger partial charge in [0.25, 0.3) is 5.91 Å². The first-order valence-electron chi connectivity index (χ1n) is 6.12. The molecule has 0 unspecified atom stereocenters. The van der Waals surface area contributed by atoms with E-state index in [2.05, 4.69) is 5.32 Å². The molecule has 1 heterocycles. The molecule has 18 heavy (non-hydrogen) atoms. The Morgan fingerprint density at radius 1 is 1.39 bits per heavy atom. The van der Waals surface area contributed by atoms with Crippen LogP contribution >= 0.6 is 0 Å². The normalized spacial score (nSPS) is 17.6. The van der Waals surface area contributed by atoms with Crippen molar-refractivity contribution in [3.63, 3.8) is 0 Å². The van der Waals surface area contributed by atoms with Crippen molar-refractivity contribution in [1.82, 2.24) is 5.32 Å². The fraction of sp³-hybridized carbons (Fsp3) is 0.538. The molecule has 0 saturated heterocycles. The van der Waals surface area contributed by atoms with Crippen molar-refractivity contribution in [2.75, 3.05) is 0 Å². The summed E-state index contributed by atoms with van der Waals surface area (Å²) in [6, 6.07) is 3.32. The molecule has 0 spiro atoms. The van der Waals surface area contributed by atoms with Crippen molar-refractivity contribution >= 4 is 11.9 Å². The molecule has 1 aliphatic carbocycles. The van der Waals surface area contributed by atoms with E-state index in [0.29, 0.717) is 18.6 Å². The van der Waals surface area contributed by atoms with Gasteiger partial charge in [0.05, 0.1) is 12.0 Å². The summed E-state index contributed by atoms with van der Waals surface area (Å²) in [5.74, 6) is -0.304. The van der Waals surface area contributed by atoms with Crippen LogP contribution in [0.4, 0.5) is 0 Å². The summed E-state index contributed by atoms with van der Waals surface area (Å²) in [5, 5.41) is 11.8. The smallest absolute Gasteiger partial charge is 0.305 e. The number of aliphatic carboxylic acids is 1. The minimum absolute atomic E-state index is 0.0293. The molecule has 0 atom stereocenters. The second-order valence-electron chi connectivity index (χ2n) is 4.92. The van der Waals surface area contributed by atoms with Crippen LogP contribution in [0.3, 0.4) is 0 Å². The van der Waals surface area contributed by atoms with Gasteiger partial charge in [-0.3, -0.25) is 9.59 Å². The molecule has 1 aromatic rings. The van der Waals surface area contributed by atoms with Gasteiger partial charge < -0.3 is 14.8 Å². The Balaban J connectivity index is 2.09. The van der Waals surface area contributed by atoms with Crippen LogP contribution in [-0.4, -0.2) is 22.5 Å². The standard InChI is InChI=1S/C13H17NO4/c1-9-4-5-10(18-9)12(17)14-13(8-11(15)16)6-2-3-7-13/h4-5H,2-3,6-8H2,1H3,(H,14,17)(H,15,16). The zero-order chi connectivity index (χ0) is 13.2. The van der Waals surface area contributed by atoms with Gasteiger partial charge in [-0.1, -0.05) is 12.8 Å². The number of nitrogens with one attached hydrogen (secondary N) is 1. The van der Waals surface area contributed by atoms with Crippen LogP contribution in [0.25, 0.3) is 0 Å². The predicted molar refractivity (Wildman–Crippen MR) is 64.4 cm³/mol. The molecular weight excluding hydrogens is 234 g/mol. The highest BCUT2D eigenvalue weighted by Crippen LogP contribution is 2.33. The lowest BCUT2D eigenvalue weighted by Crippen LogP contribution is -2.47. The number of amides is 1. The summed E-state index contributed by atoms with van der Waals surface area (Å²) in [7, 11) is 0. The first kappa shape index (κ1) is 12.7. The third-order valence-corrected chi connectivity index (χ3v) is 3.39. The van der Waals surface area contributed by atoms with Crippen molar-refractivity contribution in [3.8, 4) is 0 Å². The van der Waals surface area contributed by atoms with Gasteiger partial charge in [-0.2, -0.15) is 0 Å². The number of aryl methyl sites for hydroxylation is 1. The van der Waals surface area contributed by atoms with Crippen molar-refractivity contribution < 1.29 is 19.1 Å². The molecule has 0 bridgehead atoms. The van der Waals surface area contributed by atoms with Crippen LogP contribution in [0.15, 0.2) is 16.5 Å². The first-order valence-corrected chi connectivity index (χ1v) is 6.12. The van der Waals surface area contributed by atoms with E-state index in [9.17, 15) is 9.59 Å². The van der Waals surface area contributed by atoms with E-state index in [0.717, 1.165) is 12.8 Å². The van der Waals surface area contributed by atoms with Crippen molar-refractivity contribution in [1.29, 1.82) is 0 Å². The molecule has 0 aromatic carbocycles. The predicted octanol–water partition coefficient (Wildman–Crippen LogP) is 2.11. The van der Waals surface area contributed by atoms with Crippen LogP contribution in [0.5, 0.6) is 0 Å². The van der Waals surface area contributed by atoms with E-state index >= 15 is 0 Å². The number of hydrogen-bond donors (Lipinski definition) is 2. The number of rotatable bonds is 4. The molecule has 98 valence electrons. The highest BCUT2D eigenvalue weighted by molar-refractivity contribution is 5.92. The highest BCUT2D eigenvalue weighted by atomic mass is 16.4. The molecule has 1 saturated carbocycles.